The van der Waals surface area contributed by atoms with Crippen molar-refractivity contribution in [3.05, 3.63) is 47.2 Å². The second kappa shape index (κ2) is 5.70. The minimum Gasteiger partial charge on any atom is -0.368 e. The molecule has 0 saturated carbocycles. The van der Waals surface area contributed by atoms with E-state index in [0.717, 1.165) is 48.5 Å². The van der Waals surface area contributed by atoms with Crippen molar-refractivity contribution in [3.63, 3.8) is 0 Å². The highest BCUT2D eigenvalue weighted by Gasteiger charge is 2.19. The van der Waals surface area contributed by atoms with Crippen molar-refractivity contribution in [1.82, 2.24) is 19.8 Å². The summed E-state index contributed by atoms with van der Waals surface area (Å²) in [6.45, 7) is 5.65. The average molecular weight is 329 g/mol. The zero-order valence-corrected chi connectivity index (χ0v) is 13.6. The van der Waals surface area contributed by atoms with Crippen molar-refractivity contribution in [3.8, 4) is 0 Å². The van der Waals surface area contributed by atoms with Crippen LogP contribution in [0.2, 0.25) is 5.02 Å². The predicted octanol–water partition coefficient (Wildman–Crippen LogP) is 2.41. The van der Waals surface area contributed by atoms with Gasteiger partial charge in [-0.2, -0.15) is 4.52 Å². The Morgan fingerprint density at radius 2 is 1.74 bits per heavy atom. The largest absolute Gasteiger partial charge is 0.368 e. The lowest BCUT2D eigenvalue weighted by atomic mass is 10.2. The lowest BCUT2D eigenvalue weighted by Crippen LogP contribution is -2.47. The molecule has 0 radical (unpaired) electrons. The zero-order chi connectivity index (χ0) is 15.8. The number of hydrogen-bond acceptors (Lipinski definition) is 5. The van der Waals surface area contributed by atoms with Crippen LogP contribution in [0.15, 0.2) is 36.4 Å². The molecule has 0 aliphatic carbocycles. The molecule has 1 aliphatic heterocycles. The molecule has 2 aromatic heterocycles. The first kappa shape index (κ1) is 14.3. The number of anilines is 2. The van der Waals surface area contributed by atoms with Crippen LogP contribution in [0.5, 0.6) is 0 Å². The number of rotatable bonds is 2. The van der Waals surface area contributed by atoms with Gasteiger partial charge in [-0.25, -0.2) is 0 Å². The third-order valence-electron chi connectivity index (χ3n) is 4.18. The molecule has 0 atom stereocenters. The van der Waals surface area contributed by atoms with Gasteiger partial charge in [-0.3, -0.25) is 0 Å². The van der Waals surface area contributed by atoms with Crippen molar-refractivity contribution in [1.29, 1.82) is 0 Å². The molecule has 1 aliphatic rings. The summed E-state index contributed by atoms with van der Waals surface area (Å²) in [5.41, 5.74) is 1.96. The fourth-order valence-corrected chi connectivity index (χ4v) is 3.11. The van der Waals surface area contributed by atoms with Crippen molar-refractivity contribution < 1.29 is 0 Å². The SMILES string of the molecule is Cc1nnc2ccc(N3CCN(c4cccc(Cl)c4)CC3)nn12. The third kappa shape index (κ3) is 2.70. The van der Waals surface area contributed by atoms with Crippen molar-refractivity contribution in [2.75, 3.05) is 36.0 Å². The highest BCUT2D eigenvalue weighted by molar-refractivity contribution is 6.30. The molecule has 23 heavy (non-hydrogen) atoms. The topological polar surface area (TPSA) is 49.6 Å². The van der Waals surface area contributed by atoms with Gasteiger partial charge in [0.15, 0.2) is 11.5 Å². The third-order valence-corrected chi connectivity index (χ3v) is 4.42. The summed E-state index contributed by atoms with van der Waals surface area (Å²) in [5, 5.41) is 13.6. The molecule has 1 fully saturated rings. The maximum atomic E-state index is 6.09. The van der Waals surface area contributed by atoms with Gasteiger partial charge in [0, 0.05) is 36.9 Å². The van der Waals surface area contributed by atoms with E-state index in [9.17, 15) is 0 Å². The van der Waals surface area contributed by atoms with Gasteiger partial charge >= 0.3 is 0 Å². The molecule has 1 aromatic carbocycles. The van der Waals surface area contributed by atoms with Gasteiger partial charge in [-0.15, -0.1) is 15.3 Å². The Kier molecular flexibility index (Phi) is 3.53. The number of nitrogens with zero attached hydrogens (tertiary/aromatic N) is 6. The van der Waals surface area contributed by atoms with Crippen molar-refractivity contribution >= 4 is 28.8 Å². The zero-order valence-electron chi connectivity index (χ0n) is 12.9. The first-order valence-electron chi connectivity index (χ1n) is 7.65. The van der Waals surface area contributed by atoms with Gasteiger partial charge in [-0.05, 0) is 37.3 Å². The van der Waals surface area contributed by atoms with E-state index in [1.54, 1.807) is 4.52 Å². The molecule has 118 valence electrons. The van der Waals surface area contributed by atoms with Gasteiger partial charge < -0.3 is 9.80 Å². The van der Waals surface area contributed by atoms with Crippen LogP contribution < -0.4 is 9.80 Å². The summed E-state index contributed by atoms with van der Waals surface area (Å²) < 4.78 is 1.79. The molecule has 0 N–H and O–H groups in total. The molecule has 0 spiro atoms. The van der Waals surface area contributed by atoms with Gasteiger partial charge in [0.1, 0.15) is 5.82 Å². The molecule has 3 aromatic rings. The van der Waals surface area contributed by atoms with E-state index in [0.29, 0.717) is 0 Å². The molecule has 0 unspecified atom stereocenters. The summed E-state index contributed by atoms with van der Waals surface area (Å²) in [6, 6.07) is 12.0. The van der Waals surface area contributed by atoms with E-state index in [4.69, 9.17) is 11.6 Å². The molecule has 0 bridgehead atoms. The van der Waals surface area contributed by atoms with Crippen LogP contribution in [0, 0.1) is 6.92 Å². The van der Waals surface area contributed by atoms with E-state index in [1.165, 1.54) is 5.69 Å². The van der Waals surface area contributed by atoms with Gasteiger partial charge in [0.05, 0.1) is 0 Å². The Balaban J connectivity index is 1.51. The molecule has 6 nitrogen and oxygen atoms in total. The maximum absolute atomic E-state index is 6.09. The number of piperazine rings is 1. The van der Waals surface area contributed by atoms with Gasteiger partial charge in [0.2, 0.25) is 0 Å². The monoisotopic (exact) mass is 328 g/mol. The fraction of sp³-hybridized carbons (Fsp3) is 0.312. The molecule has 1 saturated heterocycles. The number of hydrogen-bond donors (Lipinski definition) is 0. The van der Waals surface area contributed by atoms with Gasteiger partial charge in [0.25, 0.3) is 0 Å². The number of aryl methyl sites for hydroxylation is 1. The normalized spacial score (nSPS) is 15.4. The highest BCUT2D eigenvalue weighted by atomic mass is 35.5. The first-order valence-corrected chi connectivity index (χ1v) is 8.03. The van der Waals surface area contributed by atoms with Crippen LogP contribution in [-0.2, 0) is 0 Å². The van der Waals surface area contributed by atoms with Crippen LogP contribution in [-0.4, -0.2) is 46.0 Å². The lowest BCUT2D eigenvalue weighted by Gasteiger charge is -2.36. The minimum absolute atomic E-state index is 0.778. The van der Waals surface area contributed by atoms with E-state index < -0.39 is 0 Å². The quantitative estimate of drug-likeness (QED) is 0.723. The van der Waals surface area contributed by atoms with E-state index in [1.807, 2.05) is 37.3 Å². The Morgan fingerprint density at radius 1 is 0.957 bits per heavy atom. The molecular formula is C16H17ClN6. The van der Waals surface area contributed by atoms with E-state index in [2.05, 4.69) is 31.2 Å². The second-order valence-electron chi connectivity index (χ2n) is 5.66. The van der Waals surface area contributed by atoms with Crippen LogP contribution >= 0.6 is 11.6 Å². The molecule has 4 rings (SSSR count). The minimum atomic E-state index is 0.778. The van der Waals surface area contributed by atoms with Gasteiger partial charge in [-0.1, -0.05) is 17.7 Å². The molecular weight excluding hydrogens is 312 g/mol. The molecule has 7 heteroatoms. The summed E-state index contributed by atoms with van der Waals surface area (Å²) in [4.78, 5) is 4.64. The van der Waals surface area contributed by atoms with Crippen molar-refractivity contribution in [2.45, 2.75) is 6.92 Å². The lowest BCUT2D eigenvalue weighted by molar-refractivity contribution is 0.640. The van der Waals surface area contributed by atoms with E-state index in [-0.39, 0.29) is 0 Å². The number of halogens is 1. The molecule has 0 amide bonds. The Morgan fingerprint density at radius 3 is 2.52 bits per heavy atom. The number of aromatic nitrogens is 4. The maximum Gasteiger partial charge on any atom is 0.178 e. The highest BCUT2D eigenvalue weighted by Crippen LogP contribution is 2.22. The fourth-order valence-electron chi connectivity index (χ4n) is 2.92. The Hall–Kier alpha value is -2.34. The van der Waals surface area contributed by atoms with E-state index >= 15 is 0 Å². The summed E-state index contributed by atoms with van der Waals surface area (Å²) >= 11 is 6.09. The average Bonchev–Trinajstić information content (AvgIpc) is 2.96. The second-order valence-corrected chi connectivity index (χ2v) is 6.10. The van der Waals surface area contributed by atoms with Crippen LogP contribution in [0.1, 0.15) is 5.82 Å². The number of fused-ring (bicyclic) bond motifs is 1. The van der Waals surface area contributed by atoms with Crippen molar-refractivity contribution in [2.24, 2.45) is 0 Å². The first-order chi connectivity index (χ1) is 11.2. The van der Waals surface area contributed by atoms with Crippen LogP contribution in [0.3, 0.4) is 0 Å². The molecule has 3 heterocycles. The van der Waals surface area contributed by atoms with Crippen LogP contribution in [0.4, 0.5) is 11.5 Å². The smallest absolute Gasteiger partial charge is 0.178 e. The summed E-state index contributed by atoms with van der Waals surface area (Å²) in [5.74, 6) is 1.77. The number of benzene rings is 1. The summed E-state index contributed by atoms with van der Waals surface area (Å²) in [6.07, 6.45) is 0. The van der Waals surface area contributed by atoms with Crippen LogP contribution in [0.25, 0.3) is 5.65 Å². The summed E-state index contributed by atoms with van der Waals surface area (Å²) in [7, 11) is 0. The predicted molar refractivity (Wildman–Crippen MR) is 91.4 cm³/mol. The Labute approximate surface area is 139 Å². The standard InChI is InChI=1S/C16H17ClN6/c1-12-18-19-15-5-6-16(20-23(12)15)22-9-7-21(8-10-22)14-4-2-3-13(17)11-14/h2-6,11H,7-10H2,1H3. The Bertz CT molecular complexity index is 837.